The summed E-state index contributed by atoms with van der Waals surface area (Å²) < 4.78 is 27.6. The highest BCUT2D eigenvalue weighted by atomic mass is 35.5. The van der Waals surface area contributed by atoms with Gasteiger partial charge in [-0.15, -0.1) is 0 Å². The Labute approximate surface area is 263 Å². The molecule has 9 heteroatoms. The minimum absolute atomic E-state index is 0.0181. The van der Waals surface area contributed by atoms with Crippen molar-refractivity contribution in [1.82, 2.24) is 14.9 Å². The molecule has 1 heterocycles. The van der Waals surface area contributed by atoms with Crippen LogP contribution in [0.4, 0.5) is 4.79 Å². The normalized spacial score (nSPS) is 15.9. The predicted octanol–water partition coefficient (Wildman–Crippen LogP) is 6.69. The second-order valence-corrected chi connectivity index (χ2v) is 12.8. The summed E-state index contributed by atoms with van der Waals surface area (Å²) in [6, 6.07) is 30.5. The number of benzene rings is 4. The van der Waals surface area contributed by atoms with Crippen molar-refractivity contribution in [2.45, 2.75) is 43.7 Å². The Kier molecular flexibility index (Phi) is 9.82. The van der Waals surface area contributed by atoms with Crippen molar-refractivity contribution < 1.29 is 18.0 Å². The van der Waals surface area contributed by atoms with Crippen molar-refractivity contribution in [2.75, 3.05) is 6.54 Å². The molecule has 4 aromatic rings. The number of likely N-dealkylation sites (tertiary alicyclic amines) is 1. The molecule has 5 rings (SSSR count). The van der Waals surface area contributed by atoms with Gasteiger partial charge in [0.1, 0.15) is 0 Å². The average molecular weight is 628 g/mol. The van der Waals surface area contributed by atoms with Crippen molar-refractivity contribution in [3.8, 4) is 0 Å². The molecule has 7 nitrogen and oxygen atoms in total. The molecule has 0 radical (unpaired) electrons. The van der Waals surface area contributed by atoms with E-state index in [-0.39, 0.29) is 23.4 Å². The minimum atomic E-state index is -4.05. The standard InChI is InChI=1S/C35H34ClN3O4S/c1-2-25-8-14-29(15-9-25)33-23-30(22-27-10-16-31(36)17-11-27)34(40)39(33)21-20-26-12-18-32(19-13-26)44(42,43)38-35(41)37-24-28-6-4-3-5-7-28/h3-19,22,33H,2,20-21,23-24H2,1H3,(H2,37,38,41)/b30-22+. The van der Waals surface area contributed by atoms with Crippen LogP contribution in [0.3, 0.4) is 0 Å². The van der Waals surface area contributed by atoms with Gasteiger partial charge in [0, 0.05) is 30.1 Å². The number of nitrogens with one attached hydrogen (secondary N) is 2. The highest BCUT2D eigenvalue weighted by Gasteiger charge is 2.35. The highest BCUT2D eigenvalue weighted by Crippen LogP contribution is 2.37. The van der Waals surface area contributed by atoms with Gasteiger partial charge < -0.3 is 10.2 Å². The number of aryl methyl sites for hydroxylation is 1. The van der Waals surface area contributed by atoms with E-state index in [1.807, 2.05) is 65.6 Å². The summed E-state index contributed by atoms with van der Waals surface area (Å²) in [4.78, 5) is 27.8. The summed E-state index contributed by atoms with van der Waals surface area (Å²) in [7, 11) is -4.05. The Balaban J connectivity index is 1.26. The molecule has 1 saturated heterocycles. The molecule has 0 aliphatic carbocycles. The second kappa shape index (κ2) is 13.9. The third kappa shape index (κ3) is 7.75. The van der Waals surface area contributed by atoms with E-state index in [9.17, 15) is 18.0 Å². The Morgan fingerprint density at radius 3 is 2.20 bits per heavy atom. The van der Waals surface area contributed by atoms with Gasteiger partial charge in [0.2, 0.25) is 5.91 Å². The third-order valence-corrected chi connectivity index (χ3v) is 9.31. The minimum Gasteiger partial charge on any atom is -0.333 e. The maximum absolute atomic E-state index is 13.6. The molecule has 1 aliphatic rings. The number of urea groups is 1. The fourth-order valence-corrected chi connectivity index (χ4v) is 6.28. The van der Waals surface area contributed by atoms with E-state index in [2.05, 4.69) is 41.2 Å². The lowest BCUT2D eigenvalue weighted by Gasteiger charge is -2.25. The Bertz CT molecular complexity index is 1740. The molecule has 1 aliphatic heterocycles. The fourth-order valence-electron chi connectivity index (χ4n) is 5.22. The molecule has 226 valence electrons. The maximum Gasteiger partial charge on any atom is 0.328 e. The topological polar surface area (TPSA) is 95.6 Å². The van der Waals surface area contributed by atoms with Crippen LogP contribution in [0.25, 0.3) is 6.08 Å². The van der Waals surface area contributed by atoms with Gasteiger partial charge in [-0.05, 0) is 71.0 Å². The molecule has 1 atom stereocenters. The van der Waals surface area contributed by atoms with Gasteiger partial charge >= 0.3 is 6.03 Å². The molecule has 0 spiro atoms. The fraction of sp³-hybridized carbons (Fsp3) is 0.200. The van der Waals surface area contributed by atoms with Crippen LogP contribution in [0.1, 0.15) is 47.2 Å². The number of hydrogen-bond acceptors (Lipinski definition) is 4. The SMILES string of the molecule is CCc1ccc(C2C/C(=C\c3ccc(Cl)cc3)C(=O)N2CCc2ccc(S(=O)(=O)NC(=O)NCc3ccccc3)cc2)cc1. The lowest BCUT2D eigenvalue weighted by Crippen LogP contribution is -2.39. The van der Waals surface area contributed by atoms with E-state index in [1.54, 1.807) is 12.1 Å². The second-order valence-electron chi connectivity index (χ2n) is 10.7. The van der Waals surface area contributed by atoms with E-state index in [4.69, 9.17) is 11.6 Å². The van der Waals surface area contributed by atoms with E-state index >= 15 is 0 Å². The molecule has 44 heavy (non-hydrogen) atoms. The monoisotopic (exact) mass is 627 g/mol. The molecule has 1 unspecified atom stereocenters. The molecular formula is C35H34ClN3O4S. The zero-order valence-corrected chi connectivity index (χ0v) is 25.9. The van der Waals surface area contributed by atoms with Gasteiger partial charge in [-0.25, -0.2) is 17.9 Å². The summed E-state index contributed by atoms with van der Waals surface area (Å²) in [5, 5.41) is 3.20. The predicted molar refractivity (Wildman–Crippen MR) is 173 cm³/mol. The number of nitrogens with zero attached hydrogens (tertiary/aromatic N) is 1. The van der Waals surface area contributed by atoms with Crippen molar-refractivity contribution in [3.63, 3.8) is 0 Å². The van der Waals surface area contributed by atoms with Crippen LogP contribution in [0.2, 0.25) is 5.02 Å². The first-order valence-electron chi connectivity index (χ1n) is 14.5. The lowest BCUT2D eigenvalue weighted by molar-refractivity contribution is -0.126. The van der Waals surface area contributed by atoms with Gasteiger partial charge in [-0.3, -0.25) is 4.79 Å². The summed E-state index contributed by atoms with van der Waals surface area (Å²) in [6.07, 6.45) is 3.99. The van der Waals surface area contributed by atoms with Crippen molar-refractivity contribution >= 4 is 39.6 Å². The Hall–Kier alpha value is -4.40. The van der Waals surface area contributed by atoms with Crippen molar-refractivity contribution in [1.29, 1.82) is 0 Å². The number of halogens is 1. The summed E-state index contributed by atoms with van der Waals surface area (Å²) in [5.74, 6) is -0.0190. The van der Waals surface area contributed by atoms with Crippen LogP contribution in [-0.2, 0) is 34.2 Å². The van der Waals surface area contributed by atoms with Crippen molar-refractivity contribution in [3.05, 3.63) is 142 Å². The molecule has 0 aromatic heterocycles. The first-order valence-corrected chi connectivity index (χ1v) is 16.4. The van der Waals surface area contributed by atoms with E-state index < -0.39 is 16.1 Å². The quantitative estimate of drug-likeness (QED) is 0.192. The van der Waals surface area contributed by atoms with Crippen molar-refractivity contribution in [2.24, 2.45) is 0 Å². The van der Waals surface area contributed by atoms with Crippen LogP contribution in [0, 0.1) is 0 Å². The smallest absolute Gasteiger partial charge is 0.328 e. The summed E-state index contributed by atoms with van der Waals surface area (Å²) in [5.41, 5.74) is 5.69. The maximum atomic E-state index is 13.6. The van der Waals surface area contributed by atoms with Crippen LogP contribution < -0.4 is 10.0 Å². The van der Waals surface area contributed by atoms with Crippen LogP contribution in [0.15, 0.2) is 114 Å². The Morgan fingerprint density at radius 2 is 1.55 bits per heavy atom. The van der Waals surface area contributed by atoms with Gasteiger partial charge in [0.05, 0.1) is 10.9 Å². The largest absolute Gasteiger partial charge is 0.333 e. The van der Waals surface area contributed by atoms with Gasteiger partial charge in [-0.2, -0.15) is 0 Å². The number of carbonyl (C=O) groups is 2. The molecular weight excluding hydrogens is 594 g/mol. The molecule has 0 bridgehead atoms. The number of amides is 3. The average Bonchev–Trinajstić information content (AvgIpc) is 3.34. The summed E-state index contributed by atoms with van der Waals surface area (Å²) >= 11 is 6.05. The first kappa shape index (κ1) is 31.0. The van der Waals surface area contributed by atoms with E-state index in [1.165, 1.54) is 17.7 Å². The third-order valence-electron chi connectivity index (χ3n) is 7.71. The molecule has 0 saturated carbocycles. The van der Waals surface area contributed by atoms with Crippen LogP contribution in [-0.4, -0.2) is 31.8 Å². The van der Waals surface area contributed by atoms with Gasteiger partial charge in [-0.1, -0.05) is 97.4 Å². The van der Waals surface area contributed by atoms with Crippen LogP contribution in [0.5, 0.6) is 0 Å². The zero-order valence-electron chi connectivity index (χ0n) is 24.4. The van der Waals surface area contributed by atoms with Crippen LogP contribution >= 0.6 is 11.6 Å². The molecule has 3 amide bonds. The first-order chi connectivity index (χ1) is 21.2. The lowest BCUT2D eigenvalue weighted by atomic mass is 9.99. The Morgan fingerprint density at radius 1 is 0.886 bits per heavy atom. The molecule has 4 aromatic carbocycles. The van der Waals surface area contributed by atoms with Gasteiger partial charge in [0.25, 0.3) is 10.0 Å². The van der Waals surface area contributed by atoms with Gasteiger partial charge in [0.15, 0.2) is 0 Å². The summed E-state index contributed by atoms with van der Waals surface area (Å²) in [6.45, 7) is 2.78. The number of carbonyl (C=O) groups excluding carboxylic acids is 2. The number of rotatable bonds is 10. The zero-order chi connectivity index (χ0) is 31.1. The number of hydrogen-bond donors (Lipinski definition) is 2. The molecule has 2 N–H and O–H groups in total. The highest BCUT2D eigenvalue weighted by molar-refractivity contribution is 7.90. The van der Waals surface area contributed by atoms with E-state index in [0.717, 1.165) is 34.2 Å². The van der Waals surface area contributed by atoms with E-state index in [0.29, 0.717) is 24.4 Å². The number of sulfonamides is 1. The molecule has 1 fully saturated rings.